The molecule has 7 nitrogen and oxygen atoms in total. The molecule has 0 bridgehead atoms. The van der Waals surface area contributed by atoms with Gasteiger partial charge in [0.25, 0.3) is 0 Å². The second-order valence-corrected chi connectivity index (χ2v) is 5.85. The number of para-hydroxylation sites is 2. The predicted octanol–water partition coefficient (Wildman–Crippen LogP) is 4.41. The van der Waals surface area contributed by atoms with E-state index in [2.05, 4.69) is 20.4 Å². The zero-order valence-electron chi connectivity index (χ0n) is 14.9. The lowest BCUT2D eigenvalue weighted by atomic mass is 10.2. The molecule has 2 aromatic heterocycles. The third-order valence-corrected chi connectivity index (χ3v) is 3.94. The predicted molar refractivity (Wildman–Crippen MR) is 109 cm³/mol. The van der Waals surface area contributed by atoms with Gasteiger partial charge >= 0.3 is 0 Å². The fraction of sp³-hybridized carbons (Fsp3) is 0. The number of ether oxygens (including phenoxy) is 1. The number of nitrogens with zero attached hydrogens (tertiary/aromatic N) is 4. The van der Waals surface area contributed by atoms with Crippen LogP contribution in [0, 0.1) is 0 Å². The first-order valence-corrected chi connectivity index (χ1v) is 8.66. The third-order valence-electron chi connectivity index (χ3n) is 3.94. The van der Waals surface area contributed by atoms with Gasteiger partial charge in [0.2, 0.25) is 5.88 Å². The topological polar surface area (TPSA) is 89.2 Å². The normalized spacial score (nSPS) is 10.3. The Balaban J connectivity index is 1.67. The summed E-state index contributed by atoms with van der Waals surface area (Å²) in [5, 5.41) is 1.90. The van der Waals surface area contributed by atoms with Gasteiger partial charge in [-0.1, -0.05) is 36.4 Å². The Morgan fingerprint density at radius 2 is 1.50 bits per heavy atom. The molecule has 0 saturated heterocycles. The third kappa shape index (κ3) is 3.83. The Labute approximate surface area is 162 Å². The number of nitrogens with one attached hydrogen (secondary N) is 1. The summed E-state index contributed by atoms with van der Waals surface area (Å²) >= 11 is 0. The quantitative estimate of drug-likeness (QED) is 0.486. The smallest absolute Gasteiger partial charge is 0.248 e. The minimum absolute atomic E-state index is 0.256. The number of nitrogens with two attached hydrogens (primary N) is 1. The SMILES string of the molecule is Nc1c(NN(c2ccccc2)c2ccccc2)ncnc1Oc1cccnc1. The molecular formula is C21H18N6O. The average Bonchev–Trinajstić information content (AvgIpc) is 2.76. The van der Waals surface area contributed by atoms with E-state index in [0.717, 1.165) is 11.4 Å². The number of nitrogen functional groups attached to an aromatic ring is 1. The van der Waals surface area contributed by atoms with Crippen molar-refractivity contribution in [3.63, 3.8) is 0 Å². The molecule has 0 spiro atoms. The first-order chi connectivity index (χ1) is 13.8. The summed E-state index contributed by atoms with van der Waals surface area (Å²) in [6, 6.07) is 23.3. The van der Waals surface area contributed by atoms with Crippen LogP contribution in [0.2, 0.25) is 0 Å². The van der Waals surface area contributed by atoms with E-state index >= 15 is 0 Å². The largest absolute Gasteiger partial charge is 0.435 e. The van der Waals surface area contributed by atoms with Gasteiger partial charge in [-0.3, -0.25) is 15.4 Å². The average molecular weight is 370 g/mol. The molecule has 28 heavy (non-hydrogen) atoms. The molecule has 2 aromatic carbocycles. The Morgan fingerprint density at radius 3 is 2.11 bits per heavy atom. The maximum absolute atomic E-state index is 6.28. The molecule has 2 heterocycles. The second kappa shape index (κ2) is 8.05. The van der Waals surface area contributed by atoms with Crippen LogP contribution in [0.4, 0.5) is 22.9 Å². The molecule has 0 saturated carbocycles. The molecular weight excluding hydrogens is 352 g/mol. The van der Waals surface area contributed by atoms with Crippen molar-refractivity contribution in [1.82, 2.24) is 15.0 Å². The molecule has 4 aromatic rings. The maximum atomic E-state index is 6.28. The molecule has 0 unspecified atom stereocenters. The molecule has 3 N–H and O–H groups in total. The first kappa shape index (κ1) is 17.3. The van der Waals surface area contributed by atoms with Crippen LogP contribution in [0.25, 0.3) is 0 Å². The first-order valence-electron chi connectivity index (χ1n) is 8.66. The summed E-state index contributed by atoms with van der Waals surface area (Å²) in [6.45, 7) is 0. The van der Waals surface area contributed by atoms with Crippen LogP contribution >= 0.6 is 0 Å². The van der Waals surface area contributed by atoms with Gasteiger partial charge in [0.05, 0.1) is 17.6 Å². The lowest BCUT2D eigenvalue weighted by Crippen LogP contribution is -2.25. The highest BCUT2D eigenvalue weighted by Crippen LogP contribution is 2.32. The van der Waals surface area contributed by atoms with Crippen LogP contribution in [-0.2, 0) is 0 Å². The fourth-order valence-corrected chi connectivity index (χ4v) is 2.61. The van der Waals surface area contributed by atoms with E-state index in [9.17, 15) is 0 Å². The summed E-state index contributed by atoms with van der Waals surface area (Å²) in [6.07, 6.45) is 4.66. The van der Waals surface area contributed by atoms with E-state index in [-0.39, 0.29) is 5.88 Å². The van der Waals surface area contributed by atoms with Gasteiger partial charge in [-0.2, -0.15) is 4.98 Å². The molecule has 4 rings (SSSR count). The van der Waals surface area contributed by atoms with Gasteiger partial charge in [-0.15, -0.1) is 0 Å². The molecule has 0 amide bonds. The van der Waals surface area contributed by atoms with Crippen LogP contribution in [0.5, 0.6) is 11.6 Å². The monoisotopic (exact) mass is 370 g/mol. The minimum Gasteiger partial charge on any atom is -0.435 e. The van der Waals surface area contributed by atoms with Crippen molar-refractivity contribution >= 4 is 22.9 Å². The minimum atomic E-state index is 0.256. The Bertz CT molecular complexity index is 989. The van der Waals surface area contributed by atoms with Gasteiger partial charge in [0.1, 0.15) is 17.8 Å². The lowest BCUT2D eigenvalue weighted by Gasteiger charge is -2.26. The molecule has 138 valence electrons. The summed E-state index contributed by atoms with van der Waals surface area (Å²) in [7, 11) is 0. The fourth-order valence-electron chi connectivity index (χ4n) is 2.61. The van der Waals surface area contributed by atoms with E-state index in [1.54, 1.807) is 24.5 Å². The lowest BCUT2D eigenvalue weighted by molar-refractivity contribution is 0.462. The van der Waals surface area contributed by atoms with Crippen molar-refractivity contribution in [2.45, 2.75) is 0 Å². The zero-order chi connectivity index (χ0) is 19.2. The number of hydrogen-bond acceptors (Lipinski definition) is 7. The zero-order valence-corrected chi connectivity index (χ0v) is 14.9. The number of anilines is 4. The van der Waals surface area contributed by atoms with E-state index in [1.807, 2.05) is 65.7 Å². The Morgan fingerprint density at radius 1 is 0.821 bits per heavy atom. The molecule has 7 heteroatoms. The molecule has 0 fully saturated rings. The summed E-state index contributed by atoms with van der Waals surface area (Å²) in [4.78, 5) is 12.5. The van der Waals surface area contributed by atoms with Gasteiger partial charge in [-0.25, -0.2) is 4.98 Å². The number of hydrazine groups is 1. The van der Waals surface area contributed by atoms with Crippen LogP contribution in [0.1, 0.15) is 0 Å². The van der Waals surface area contributed by atoms with E-state index < -0.39 is 0 Å². The van der Waals surface area contributed by atoms with E-state index in [0.29, 0.717) is 17.3 Å². The molecule has 0 aliphatic carbocycles. The van der Waals surface area contributed by atoms with Gasteiger partial charge in [0.15, 0.2) is 5.82 Å². The highest BCUT2D eigenvalue weighted by molar-refractivity contribution is 5.73. The molecule has 0 atom stereocenters. The van der Waals surface area contributed by atoms with E-state index in [4.69, 9.17) is 10.5 Å². The maximum Gasteiger partial charge on any atom is 0.248 e. The van der Waals surface area contributed by atoms with Crippen molar-refractivity contribution in [2.24, 2.45) is 0 Å². The van der Waals surface area contributed by atoms with Gasteiger partial charge < -0.3 is 10.5 Å². The highest BCUT2D eigenvalue weighted by atomic mass is 16.5. The summed E-state index contributed by atoms with van der Waals surface area (Å²) < 4.78 is 5.75. The Kier molecular flexibility index (Phi) is 4.97. The van der Waals surface area contributed by atoms with Gasteiger partial charge in [-0.05, 0) is 36.4 Å². The van der Waals surface area contributed by atoms with Crippen molar-refractivity contribution in [2.75, 3.05) is 16.2 Å². The summed E-state index contributed by atoms with van der Waals surface area (Å²) in [5.41, 5.74) is 11.7. The van der Waals surface area contributed by atoms with E-state index in [1.165, 1.54) is 6.33 Å². The van der Waals surface area contributed by atoms with Crippen molar-refractivity contribution in [3.8, 4) is 11.6 Å². The molecule has 0 aliphatic heterocycles. The Hall–Kier alpha value is -4.13. The number of pyridine rings is 1. The molecule has 0 aliphatic rings. The number of hydrogen-bond donors (Lipinski definition) is 2. The number of rotatable bonds is 6. The second-order valence-electron chi connectivity index (χ2n) is 5.85. The van der Waals surface area contributed by atoms with Crippen LogP contribution < -0.4 is 20.9 Å². The van der Waals surface area contributed by atoms with Crippen molar-refractivity contribution < 1.29 is 4.74 Å². The van der Waals surface area contributed by atoms with Crippen LogP contribution in [0.3, 0.4) is 0 Å². The highest BCUT2D eigenvalue weighted by Gasteiger charge is 2.15. The summed E-state index contributed by atoms with van der Waals surface area (Å²) in [5.74, 6) is 1.23. The standard InChI is InChI=1S/C21H18N6O/c22-19-20(24-15-25-21(19)28-18-12-7-13-23-14-18)26-27(16-8-3-1-4-9-16)17-10-5-2-6-11-17/h1-15H,22H2,(H,24,25,26). The van der Waals surface area contributed by atoms with Crippen LogP contribution in [-0.4, -0.2) is 15.0 Å². The number of aromatic nitrogens is 3. The van der Waals surface area contributed by atoms with Gasteiger partial charge in [0, 0.05) is 6.20 Å². The number of benzene rings is 2. The van der Waals surface area contributed by atoms with Crippen molar-refractivity contribution in [1.29, 1.82) is 0 Å². The van der Waals surface area contributed by atoms with Crippen LogP contribution in [0.15, 0.2) is 91.5 Å². The van der Waals surface area contributed by atoms with Crippen molar-refractivity contribution in [3.05, 3.63) is 91.5 Å². The molecule has 0 radical (unpaired) electrons.